The normalized spacial score (nSPS) is 12.9. The zero-order valence-corrected chi connectivity index (χ0v) is 14.7. The standard InChI is InChI=1S/C16H18ClF3N4O/c1-9-12(17)5-4-6-13(9)22-15(25)10(2)21-8-11-7-14(16(18,19)20)23-24(11)3/h4-7,10,21H,8H2,1-3H3,(H,22,25). The molecule has 2 rings (SSSR count). The van der Waals surface area contributed by atoms with Gasteiger partial charge in [0.15, 0.2) is 5.69 Å². The smallest absolute Gasteiger partial charge is 0.324 e. The molecule has 0 aliphatic carbocycles. The molecule has 1 unspecified atom stereocenters. The van der Waals surface area contributed by atoms with Crippen molar-refractivity contribution >= 4 is 23.2 Å². The van der Waals surface area contributed by atoms with Gasteiger partial charge in [-0.2, -0.15) is 18.3 Å². The number of hydrogen-bond donors (Lipinski definition) is 2. The molecule has 1 amide bonds. The van der Waals surface area contributed by atoms with E-state index in [2.05, 4.69) is 15.7 Å². The topological polar surface area (TPSA) is 59.0 Å². The van der Waals surface area contributed by atoms with Gasteiger partial charge in [0.25, 0.3) is 0 Å². The Morgan fingerprint density at radius 3 is 2.68 bits per heavy atom. The molecule has 0 saturated carbocycles. The van der Waals surface area contributed by atoms with Crippen molar-refractivity contribution in [3.05, 3.63) is 46.2 Å². The number of benzene rings is 1. The van der Waals surface area contributed by atoms with Crippen molar-refractivity contribution in [3.8, 4) is 0 Å². The number of nitrogens with one attached hydrogen (secondary N) is 2. The van der Waals surface area contributed by atoms with E-state index in [1.807, 2.05) is 0 Å². The second kappa shape index (κ2) is 7.45. The number of halogens is 4. The highest BCUT2D eigenvalue weighted by atomic mass is 35.5. The summed E-state index contributed by atoms with van der Waals surface area (Å²) in [5.74, 6) is -0.316. The van der Waals surface area contributed by atoms with Crippen LogP contribution >= 0.6 is 11.6 Å². The number of hydrogen-bond acceptors (Lipinski definition) is 3. The monoisotopic (exact) mass is 374 g/mol. The van der Waals surface area contributed by atoms with Crippen LogP contribution in [0.1, 0.15) is 23.9 Å². The quantitative estimate of drug-likeness (QED) is 0.842. The van der Waals surface area contributed by atoms with Crippen LogP contribution in [0.4, 0.5) is 18.9 Å². The van der Waals surface area contributed by atoms with Crippen LogP contribution in [-0.2, 0) is 24.6 Å². The molecular weight excluding hydrogens is 357 g/mol. The number of aromatic nitrogens is 2. The lowest BCUT2D eigenvalue weighted by Crippen LogP contribution is -2.38. The second-order valence-electron chi connectivity index (χ2n) is 5.65. The first kappa shape index (κ1) is 19.3. The maximum Gasteiger partial charge on any atom is 0.435 e. The third-order valence-electron chi connectivity index (χ3n) is 3.78. The van der Waals surface area contributed by atoms with Crippen LogP contribution in [-0.4, -0.2) is 21.7 Å². The first-order valence-electron chi connectivity index (χ1n) is 7.49. The van der Waals surface area contributed by atoms with Crippen molar-refractivity contribution < 1.29 is 18.0 Å². The van der Waals surface area contributed by atoms with Gasteiger partial charge in [-0.1, -0.05) is 17.7 Å². The van der Waals surface area contributed by atoms with E-state index >= 15 is 0 Å². The van der Waals surface area contributed by atoms with Crippen molar-refractivity contribution in [3.63, 3.8) is 0 Å². The SMILES string of the molecule is Cc1c(Cl)cccc1NC(=O)C(C)NCc1cc(C(F)(F)F)nn1C. The van der Waals surface area contributed by atoms with Crippen LogP contribution < -0.4 is 10.6 Å². The molecule has 0 aliphatic heterocycles. The first-order valence-corrected chi connectivity index (χ1v) is 7.87. The maximum absolute atomic E-state index is 12.6. The molecule has 1 heterocycles. The minimum atomic E-state index is -4.50. The predicted molar refractivity (Wildman–Crippen MR) is 89.3 cm³/mol. The number of alkyl halides is 3. The second-order valence-corrected chi connectivity index (χ2v) is 6.05. The van der Waals surface area contributed by atoms with Crippen molar-refractivity contribution in [2.45, 2.75) is 32.6 Å². The van der Waals surface area contributed by atoms with Crippen LogP contribution in [0.5, 0.6) is 0 Å². The summed E-state index contributed by atoms with van der Waals surface area (Å²) in [4.78, 5) is 12.2. The molecule has 2 N–H and O–H groups in total. The minimum Gasteiger partial charge on any atom is -0.324 e. The van der Waals surface area contributed by atoms with Crippen molar-refractivity contribution in [2.75, 3.05) is 5.32 Å². The van der Waals surface area contributed by atoms with Crippen LogP contribution in [0.3, 0.4) is 0 Å². The minimum absolute atomic E-state index is 0.0721. The Hall–Kier alpha value is -2.06. The summed E-state index contributed by atoms with van der Waals surface area (Å²) in [7, 11) is 1.42. The third-order valence-corrected chi connectivity index (χ3v) is 4.18. The van der Waals surface area contributed by atoms with Gasteiger partial charge >= 0.3 is 6.18 Å². The average Bonchev–Trinajstić information content (AvgIpc) is 2.90. The lowest BCUT2D eigenvalue weighted by molar-refractivity contribution is -0.141. The Labute approximate surface area is 148 Å². The molecule has 0 saturated heterocycles. The number of carbonyl (C=O) groups excluding carboxylic acids is 1. The van der Waals surface area contributed by atoms with Crippen molar-refractivity contribution in [1.82, 2.24) is 15.1 Å². The number of aryl methyl sites for hydroxylation is 1. The molecule has 2 aromatic rings. The Kier molecular flexibility index (Phi) is 5.74. The molecule has 25 heavy (non-hydrogen) atoms. The molecular formula is C16H18ClF3N4O. The number of nitrogens with zero attached hydrogens (tertiary/aromatic N) is 2. The summed E-state index contributed by atoms with van der Waals surface area (Å²) in [5, 5.41) is 9.59. The summed E-state index contributed by atoms with van der Waals surface area (Å²) in [5.41, 5.74) is 0.696. The largest absolute Gasteiger partial charge is 0.435 e. The Balaban J connectivity index is 1.98. The zero-order chi connectivity index (χ0) is 18.8. The fourth-order valence-corrected chi connectivity index (χ4v) is 2.32. The molecule has 1 aromatic carbocycles. The molecule has 0 fully saturated rings. The number of anilines is 1. The van der Waals surface area contributed by atoms with Gasteiger partial charge in [-0.05, 0) is 37.6 Å². The number of amides is 1. The van der Waals surface area contributed by atoms with Gasteiger partial charge < -0.3 is 10.6 Å². The number of carbonyl (C=O) groups is 1. The Morgan fingerprint density at radius 2 is 2.08 bits per heavy atom. The van der Waals surface area contributed by atoms with E-state index in [1.54, 1.807) is 32.0 Å². The maximum atomic E-state index is 12.6. The first-order chi connectivity index (χ1) is 11.6. The lowest BCUT2D eigenvalue weighted by atomic mass is 10.2. The third kappa shape index (κ3) is 4.73. The molecule has 0 spiro atoms. The van der Waals surface area contributed by atoms with Crippen molar-refractivity contribution in [2.24, 2.45) is 7.05 Å². The molecule has 5 nitrogen and oxygen atoms in total. The molecule has 136 valence electrons. The van der Waals surface area contributed by atoms with E-state index in [-0.39, 0.29) is 12.5 Å². The van der Waals surface area contributed by atoms with E-state index in [0.717, 1.165) is 16.3 Å². The molecule has 0 radical (unpaired) electrons. The zero-order valence-electron chi connectivity index (χ0n) is 13.9. The highest BCUT2D eigenvalue weighted by molar-refractivity contribution is 6.31. The van der Waals surface area contributed by atoms with Gasteiger partial charge in [0.1, 0.15) is 0 Å². The molecule has 1 atom stereocenters. The fourth-order valence-electron chi connectivity index (χ4n) is 2.14. The average molecular weight is 375 g/mol. The molecule has 0 bridgehead atoms. The molecule has 9 heteroatoms. The Bertz CT molecular complexity index is 773. The fraction of sp³-hybridized carbons (Fsp3) is 0.375. The lowest BCUT2D eigenvalue weighted by Gasteiger charge is -2.15. The van der Waals surface area contributed by atoms with Gasteiger partial charge in [-0.25, -0.2) is 0 Å². The van der Waals surface area contributed by atoms with Crippen LogP contribution in [0.2, 0.25) is 5.02 Å². The van der Waals surface area contributed by atoms with Gasteiger partial charge in [-0.3, -0.25) is 9.48 Å². The summed E-state index contributed by atoms with van der Waals surface area (Å²) in [6, 6.07) is 5.50. The summed E-state index contributed by atoms with van der Waals surface area (Å²) >= 11 is 6.01. The van der Waals surface area contributed by atoms with Crippen LogP contribution in [0, 0.1) is 6.92 Å². The van der Waals surface area contributed by atoms with Gasteiger partial charge in [0.05, 0.1) is 11.7 Å². The van der Waals surface area contributed by atoms with E-state index in [1.165, 1.54) is 7.05 Å². The molecule has 0 aliphatic rings. The summed E-state index contributed by atoms with van der Waals surface area (Å²) in [6.07, 6.45) is -4.50. The Morgan fingerprint density at radius 1 is 1.40 bits per heavy atom. The number of rotatable bonds is 5. The van der Waals surface area contributed by atoms with E-state index in [4.69, 9.17) is 11.6 Å². The van der Waals surface area contributed by atoms with Gasteiger partial charge in [0.2, 0.25) is 5.91 Å². The van der Waals surface area contributed by atoms with E-state index in [9.17, 15) is 18.0 Å². The van der Waals surface area contributed by atoms with E-state index in [0.29, 0.717) is 16.4 Å². The molecule has 1 aromatic heterocycles. The highest BCUT2D eigenvalue weighted by Crippen LogP contribution is 2.28. The predicted octanol–water partition coefficient (Wildman–Crippen LogP) is 3.52. The van der Waals surface area contributed by atoms with Gasteiger partial charge in [0, 0.05) is 24.3 Å². The van der Waals surface area contributed by atoms with Crippen LogP contribution in [0.25, 0.3) is 0 Å². The summed E-state index contributed by atoms with van der Waals surface area (Å²) in [6.45, 7) is 3.48. The van der Waals surface area contributed by atoms with Crippen molar-refractivity contribution in [1.29, 1.82) is 0 Å². The summed E-state index contributed by atoms with van der Waals surface area (Å²) < 4.78 is 39.1. The highest BCUT2D eigenvalue weighted by Gasteiger charge is 2.34. The van der Waals surface area contributed by atoms with E-state index < -0.39 is 17.9 Å². The van der Waals surface area contributed by atoms with Gasteiger partial charge in [-0.15, -0.1) is 0 Å². The van der Waals surface area contributed by atoms with Crippen LogP contribution in [0.15, 0.2) is 24.3 Å².